The smallest absolute Gasteiger partial charge is 0.326 e. The molecule has 1 aromatic carbocycles. The number of esters is 1. The van der Waals surface area contributed by atoms with Crippen molar-refractivity contribution in [3.8, 4) is 0 Å². The van der Waals surface area contributed by atoms with Crippen LogP contribution in [0.2, 0.25) is 5.02 Å². The Morgan fingerprint density at radius 3 is 2.30 bits per heavy atom. The van der Waals surface area contributed by atoms with Crippen molar-refractivity contribution >= 4 is 29.6 Å². The number of hydrogen-bond acceptors (Lipinski definition) is 4. The van der Waals surface area contributed by atoms with Gasteiger partial charge in [0, 0.05) is 11.6 Å². The van der Waals surface area contributed by atoms with E-state index in [1.165, 1.54) is 7.11 Å². The van der Waals surface area contributed by atoms with E-state index in [9.17, 15) is 14.4 Å². The number of carbonyl (C=O) groups is 3. The van der Waals surface area contributed by atoms with Gasteiger partial charge in [0.25, 0.3) is 0 Å². The molecular formula is C15H20ClN3O4. The first kappa shape index (κ1) is 18.8. The molecule has 0 saturated carbocycles. The van der Waals surface area contributed by atoms with Crippen molar-refractivity contribution < 1.29 is 19.1 Å². The molecule has 3 N–H and O–H groups in total. The molecule has 0 bridgehead atoms. The minimum Gasteiger partial charge on any atom is -0.469 e. The summed E-state index contributed by atoms with van der Waals surface area (Å²) in [4.78, 5) is 36.2. The summed E-state index contributed by atoms with van der Waals surface area (Å²) < 4.78 is 4.62. The summed E-state index contributed by atoms with van der Waals surface area (Å²) in [6, 6.07) is 4.51. The molecule has 2 atom stereocenters. The Labute approximate surface area is 139 Å². The van der Waals surface area contributed by atoms with Gasteiger partial charge in [-0.1, -0.05) is 23.7 Å². The summed E-state index contributed by atoms with van der Waals surface area (Å²) >= 11 is 5.79. The predicted molar refractivity (Wildman–Crippen MR) is 85.8 cm³/mol. The van der Waals surface area contributed by atoms with Crippen LogP contribution in [0.15, 0.2) is 24.3 Å². The number of nitrogens with one attached hydrogen (secondary N) is 1. The first-order valence-electron chi connectivity index (χ1n) is 6.96. The number of imide groups is 1. The molecule has 0 aliphatic carbocycles. The van der Waals surface area contributed by atoms with Gasteiger partial charge in [0.15, 0.2) is 0 Å². The number of urea groups is 2. The second kappa shape index (κ2) is 8.38. The third-order valence-electron chi connectivity index (χ3n) is 3.52. The summed E-state index contributed by atoms with van der Waals surface area (Å²) in [5.41, 5.74) is 6.07. The molecule has 23 heavy (non-hydrogen) atoms. The molecule has 126 valence electrons. The van der Waals surface area contributed by atoms with Crippen LogP contribution >= 0.6 is 11.6 Å². The van der Waals surface area contributed by atoms with Crippen molar-refractivity contribution in [1.82, 2.24) is 10.2 Å². The molecule has 1 rings (SSSR count). The number of amides is 4. The Morgan fingerprint density at radius 2 is 1.83 bits per heavy atom. The molecule has 0 unspecified atom stereocenters. The Morgan fingerprint density at radius 1 is 1.26 bits per heavy atom. The molecule has 8 heteroatoms. The van der Waals surface area contributed by atoms with Gasteiger partial charge in [-0.05, 0) is 31.5 Å². The number of benzene rings is 1. The number of carbonyl (C=O) groups excluding carboxylic acids is 3. The van der Waals surface area contributed by atoms with E-state index in [1.807, 2.05) is 0 Å². The van der Waals surface area contributed by atoms with Crippen LogP contribution in [0, 0.1) is 5.92 Å². The number of nitrogens with two attached hydrogens (primary N) is 1. The van der Waals surface area contributed by atoms with Gasteiger partial charge < -0.3 is 15.8 Å². The van der Waals surface area contributed by atoms with Crippen molar-refractivity contribution in [1.29, 1.82) is 0 Å². The Balaban J connectivity index is 2.76. The third-order valence-corrected chi connectivity index (χ3v) is 3.77. The van der Waals surface area contributed by atoms with Crippen molar-refractivity contribution in [3.05, 3.63) is 34.9 Å². The lowest BCUT2D eigenvalue weighted by Gasteiger charge is -2.28. The minimum atomic E-state index is -0.943. The monoisotopic (exact) mass is 341 g/mol. The normalized spacial score (nSPS) is 12.9. The van der Waals surface area contributed by atoms with Crippen molar-refractivity contribution in [3.63, 3.8) is 0 Å². The van der Waals surface area contributed by atoms with Crippen LogP contribution in [0.25, 0.3) is 0 Å². The number of primary amides is 1. The number of rotatable bonds is 5. The SMILES string of the molecule is COC(=O)[C@H](C)[C@H](C)N(C(N)=O)C(=O)NCc1ccc(Cl)cc1. The fourth-order valence-corrected chi connectivity index (χ4v) is 2.08. The zero-order chi connectivity index (χ0) is 17.6. The highest BCUT2D eigenvalue weighted by Crippen LogP contribution is 2.14. The number of hydrogen-bond donors (Lipinski definition) is 2. The Bertz CT molecular complexity index is 577. The first-order valence-corrected chi connectivity index (χ1v) is 7.34. The lowest BCUT2D eigenvalue weighted by atomic mass is 10.0. The summed E-state index contributed by atoms with van der Waals surface area (Å²) in [6.45, 7) is 3.30. The maximum Gasteiger partial charge on any atom is 0.326 e. The van der Waals surface area contributed by atoms with Crippen LogP contribution in [0.4, 0.5) is 9.59 Å². The van der Waals surface area contributed by atoms with Crippen molar-refractivity contribution in [2.45, 2.75) is 26.4 Å². The van der Waals surface area contributed by atoms with Crippen molar-refractivity contribution in [2.75, 3.05) is 7.11 Å². The van der Waals surface area contributed by atoms with E-state index in [-0.39, 0.29) is 6.54 Å². The molecule has 0 aliphatic rings. The van der Waals surface area contributed by atoms with Crippen LogP contribution in [-0.4, -0.2) is 36.1 Å². The van der Waals surface area contributed by atoms with Gasteiger partial charge in [0.1, 0.15) is 0 Å². The average molecular weight is 342 g/mol. The zero-order valence-corrected chi connectivity index (χ0v) is 14.0. The standard InChI is InChI=1S/C15H20ClN3O4/c1-9(13(20)23-3)10(2)19(14(17)21)15(22)18-8-11-4-6-12(16)7-5-11/h4-7,9-10H,8H2,1-3H3,(H2,17,21)(H,18,22)/t9-,10+/m1/s1. The van der Waals surface area contributed by atoms with Crippen LogP contribution < -0.4 is 11.1 Å². The fraction of sp³-hybridized carbons (Fsp3) is 0.400. The largest absolute Gasteiger partial charge is 0.469 e. The number of nitrogens with zero attached hydrogens (tertiary/aromatic N) is 1. The lowest BCUT2D eigenvalue weighted by molar-refractivity contribution is -0.146. The van der Waals surface area contributed by atoms with Gasteiger partial charge in [-0.2, -0.15) is 0 Å². The molecule has 4 amide bonds. The third kappa shape index (κ3) is 5.14. The molecule has 0 aromatic heterocycles. The molecular weight excluding hydrogens is 322 g/mol. The van der Waals surface area contributed by atoms with Gasteiger partial charge in [-0.3, -0.25) is 4.79 Å². The van der Waals surface area contributed by atoms with Gasteiger partial charge in [0.05, 0.1) is 19.1 Å². The number of methoxy groups -OCH3 is 1. The quantitative estimate of drug-likeness (QED) is 0.801. The summed E-state index contributed by atoms with van der Waals surface area (Å²) in [6.07, 6.45) is 0. The maximum atomic E-state index is 12.2. The van der Waals surface area contributed by atoms with Crippen molar-refractivity contribution in [2.24, 2.45) is 11.7 Å². The maximum absolute atomic E-state index is 12.2. The van der Waals surface area contributed by atoms with Crippen LogP contribution in [0.3, 0.4) is 0 Å². The van der Waals surface area contributed by atoms with E-state index in [1.54, 1.807) is 38.1 Å². The van der Waals surface area contributed by atoms with Gasteiger partial charge >= 0.3 is 18.0 Å². The van der Waals surface area contributed by atoms with Crippen LogP contribution in [0.1, 0.15) is 19.4 Å². The van der Waals surface area contributed by atoms with E-state index >= 15 is 0 Å². The van der Waals surface area contributed by atoms with E-state index in [2.05, 4.69) is 10.1 Å². The first-order chi connectivity index (χ1) is 10.8. The predicted octanol–water partition coefficient (Wildman–Crippen LogP) is 2.13. The molecule has 0 saturated heterocycles. The molecule has 0 aliphatic heterocycles. The highest BCUT2D eigenvalue weighted by atomic mass is 35.5. The number of halogens is 1. The molecule has 0 fully saturated rings. The topological polar surface area (TPSA) is 102 Å². The van der Waals surface area contributed by atoms with Gasteiger partial charge in [-0.15, -0.1) is 0 Å². The van der Waals surface area contributed by atoms with E-state index in [4.69, 9.17) is 17.3 Å². The Kier molecular flexibility index (Phi) is 6.84. The summed E-state index contributed by atoms with van der Waals surface area (Å²) in [7, 11) is 1.24. The molecule has 7 nitrogen and oxygen atoms in total. The van der Waals surface area contributed by atoms with E-state index in [0.29, 0.717) is 5.02 Å². The highest BCUT2D eigenvalue weighted by molar-refractivity contribution is 6.30. The second-order valence-electron chi connectivity index (χ2n) is 5.05. The van der Waals surface area contributed by atoms with Crippen LogP contribution in [0.5, 0.6) is 0 Å². The zero-order valence-electron chi connectivity index (χ0n) is 13.2. The van der Waals surface area contributed by atoms with E-state index < -0.39 is 30.0 Å². The lowest BCUT2D eigenvalue weighted by Crippen LogP contribution is -2.53. The number of ether oxygens (including phenoxy) is 1. The minimum absolute atomic E-state index is 0.194. The fourth-order valence-electron chi connectivity index (χ4n) is 1.96. The highest BCUT2D eigenvalue weighted by Gasteiger charge is 2.32. The summed E-state index contributed by atoms with van der Waals surface area (Å²) in [5, 5.41) is 3.17. The molecule has 0 spiro atoms. The van der Waals surface area contributed by atoms with Gasteiger partial charge in [0.2, 0.25) is 0 Å². The van der Waals surface area contributed by atoms with E-state index in [0.717, 1.165) is 10.5 Å². The summed E-state index contributed by atoms with van der Waals surface area (Å²) in [5.74, 6) is -1.23. The Hall–Kier alpha value is -2.28. The molecule has 0 heterocycles. The molecule has 0 radical (unpaired) electrons. The van der Waals surface area contributed by atoms with Gasteiger partial charge in [-0.25, -0.2) is 14.5 Å². The van der Waals surface area contributed by atoms with Crippen LogP contribution in [-0.2, 0) is 16.1 Å². The second-order valence-corrected chi connectivity index (χ2v) is 5.48. The average Bonchev–Trinajstić information content (AvgIpc) is 2.52. The molecule has 1 aromatic rings.